The van der Waals surface area contributed by atoms with Gasteiger partial charge in [0.05, 0.1) is 16.8 Å². The van der Waals surface area contributed by atoms with Crippen LogP contribution in [0.5, 0.6) is 5.75 Å². The summed E-state index contributed by atoms with van der Waals surface area (Å²) in [6.45, 7) is 4.46. The summed E-state index contributed by atoms with van der Waals surface area (Å²) in [6, 6.07) is 9.76. The predicted molar refractivity (Wildman–Crippen MR) is 117 cm³/mol. The fourth-order valence-electron chi connectivity index (χ4n) is 2.74. The number of rotatable bonds is 6. The number of hydrogen-bond donors (Lipinski definition) is 1. The van der Waals surface area contributed by atoms with E-state index in [-0.39, 0.29) is 5.91 Å². The fourth-order valence-corrected chi connectivity index (χ4v) is 4.23. The Bertz CT molecular complexity index is 1140. The Morgan fingerprint density at radius 3 is 2.69 bits per heavy atom. The number of amides is 1. The molecule has 6 nitrogen and oxygen atoms in total. The maximum Gasteiger partial charge on any atom is 0.267 e. The molecular formula is C21H20N4O2S2. The fraction of sp³-hybridized carbons (Fsp3) is 0.190. The van der Waals surface area contributed by atoms with E-state index in [1.807, 2.05) is 62.0 Å². The smallest absolute Gasteiger partial charge is 0.267 e. The molecule has 1 N–H and O–H groups in total. The number of thiophene rings is 1. The molecule has 29 heavy (non-hydrogen) atoms. The van der Waals surface area contributed by atoms with Crippen LogP contribution >= 0.6 is 22.7 Å². The van der Waals surface area contributed by atoms with Gasteiger partial charge in [-0.2, -0.15) is 5.10 Å². The summed E-state index contributed by atoms with van der Waals surface area (Å²) in [7, 11) is 1.89. The van der Waals surface area contributed by atoms with E-state index in [1.165, 1.54) is 28.2 Å². The van der Waals surface area contributed by atoms with Crippen LogP contribution in [-0.2, 0) is 13.7 Å². The van der Waals surface area contributed by atoms with Gasteiger partial charge in [-0.25, -0.2) is 4.98 Å². The number of aromatic nitrogens is 3. The normalized spacial score (nSPS) is 10.9. The van der Waals surface area contributed by atoms with E-state index in [4.69, 9.17) is 4.74 Å². The first-order valence-corrected chi connectivity index (χ1v) is 10.8. The molecule has 0 aliphatic heterocycles. The van der Waals surface area contributed by atoms with Crippen molar-refractivity contribution in [2.75, 3.05) is 5.32 Å². The van der Waals surface area contributed by atoms with Crippen molar-refractivity contribution in [1.82, 2.24) is 14.8 Å². The van der Waals surface area contributed by atoms with Crippen molar-refractivity contribution in [1.29, 1.82) is 0 Å². The summed E-state index contributed by atoms with van der Waals surface area (Å²) in [5.74, 6) is 0.647. The van der Waals surface area contributed by atoms with Gasteiger partial charge in [0, 0.05) is 29.2 Å². The lowest BCUT2D eigenvalue weighted by atomic mass is 10.2. The Balaban J connectivity index is 1.38. The highest BCUT2D eigenvalue weighted by Crippen LogP contribution is 2.28. The van der Waals surface area contributed by atoms with Crippen molar-refractivity contribution in [3.05, 3.63) is 69.0 Å². The Morgan fingerprint density at radius 1 is 1.17 bits per heavy atom. The molecule has 148 valence electrons. The molecule has 0 saturated carbocycles. The maximum atomic E-state index is 12.6. The molecule has 0 aliphatic rings. The van der Waals surface area contributed by atoms with Crippen LogP contribution in [0.25, 0.3) is 11.3 Å². The zero-order valence-electron chi connectivity index (χ0n) is 16.3. The molecule has 0 saturated heterocycles. The molecule has 3 heterocycles. The van der Waals surface area contributed by atoms with E-state index in [9.17, 15) is 4.79 Å². The zero-order chi connectivity index (χ0) is 20.4. The number of nitrogens with one attached hydrogen (secondary N) is 1. The van der Waals surface area contributed by atoms with Gasteiger partial charge in [-0.05, 0) is 37.4 Å². The molecule has 8 heteroatoms. The van der Waals surface area contributed by atoms with Gasteiger partial charge in [0.2, 0.25) is 0 Å². The Labute approximate surface area is 176 Å². The number of anilines is 1. The molecule has 1 aromatic carbocycles. The highest BCUT2D eigenvalue weighted by Gasteiger charge is 2.14. The zero-order valence-corrected chi connectivity index (χ0v) is 17.9. The minimum atomic E-state index is -0.166. The monoisotopic (exact) mass is 424 g/mol. The number of benzene rings is 1. The number of aryl methyl sites for hydroxylation is 2. The molecule has 0 fully saturated rings. The summed E-state index contributed by atoms with van der Waals surface area (Å²) in [6.07, 6.45) is 1.79. The standard InChI is InChI=1S/C21H20N4O2S2/c1-13-4-6-16(7-5-13)27-10-15-8-19(28-11-15)20(26)24-21-23-18(12-29-21)17-9-22-25(3)14(17)2/h4-9,11-12H,10H2,1-3H3,(H,23,24,26). The summed E-state index contributed by atoms with van der Waals surface area (Å²) in [5, 5.41) is 11.6. The van der Waals surface area contributed by atoms with Crippen LogP contribution in [-0.4, -0.2) is 20.7 Å². The lowest BCUT2D eigenvalue weighted by Gasteiger charge is -2.04. The van der Waals surface area contributed by atoms with Gasteiger partial charge < -0.3 is 4.74 Å². The van der Waals surface area contributed by atoms with Crippen molar-refractivity contribution in [3.8, 4) is 17.0 Å². The van der Waals surface area contributed by atoms with Crippen molar-refractivity contribution in [3.63, 3.8) is 0 Å². The Hall–Kier alpha value is -2.97. The average molecular weight is 425 g/mol. The number of thiazole rings is 1. The summed E-state index contributed by atoms with van der Waals surface area (Å²) in [4.78, 5) is 17.7. The van der Waals surface area contributed by atoms with Crippen molar-refractivity contribution in [2.45, 2.75) is 20.5 Å². The lowest BCUT2D eigenvalue weighted by Crippen LogP contribution is -2.09. The van der Waals surface area contributed by atoms with Crippen LogP contribution in [0.2, 0.25) is 0 Å². The third kappa shape index (κ3) is 4.38. The second-order valence-electron chi connectivity index (χ2n) is 6.68. The van der Waals surface area contributed by atoms with E-state index >= 15 is 0 Å². The highest BCUT2D eigenvalue weighted by molar-refractivity contribution is 7.14. The first-order chi connectivity index (χ1) is 14.0. The number of nitrogens with zero attached hydrogens (tertiary/aromatic N) is 3. The molecule has 4 aromatic rings. The predicted octanol–water partition coefficient (Wildman–Crippen LogP) is 5.05. The number of hydrogen-bond acceptors (Lipinski definition) is 6. The minimum Gasteiger partial charge on any atom is -0.489 e. The average Bonchev–Trinajstić information content (AvgIpc) is 3.43. The summed E-state index contributed by atoms with van der Waals surface area (Å²) < 4.78 is 7.59. The number of carbonyl (C=O) groups is 1. The Kier molecular flexibility index (Phi) is 5.46. The molecule has 3 aromatic heterocycles. The van der Waals surface area contributed by atoms with Crippen molar-refractivity contribution < 1.29 is 9.53 Å². The molecular weight excluding hydrogens is 404 g/mol. The molecule has 0 radical (unpaired) electrons. The highest BCUT2D eigenvalue weighted by atomic mass is 32.1. The SMILES string of the molecule is Cc1ccc(OCc2csc(C(=O)Nc3nc(-c4cnn(C)c4C)cs3)c2)cc1. The van der Waals surface area contributed by atoms with Crippen LogP contribution in [0.3, 0.4) is 0 Å². The van der Waals surface area contributed by atoms with Crippen LogP contribution in [0.4, 0.5) is 5.13 Å². The van der Waals surface area contributed by atoms with E-state index in [1.54, 1.807) is 10.9 Å². The van der Waals surface area contributed by atoms with Gasteiger partial charge in [-0.3, -0.25) is 14.8 Å². The second-order valence-corrected chi connectivity index (χ2v) is 8.45. The van der Waals surface area contributed by atoms with E-state index in [0.29, 0.717) is 16.6 Å². The van der Waals surface area contributed by atoms with Crippen molar-refractivity contribution in [2.24, 2.45) is 7.05 Å². The van der Waals surface area contributed by atoms with Gasteiger partial charge in [0.15, 0.2) is 5.13 Å². The third-order valence-electron chi connectivity index (χ3n) is 4.54. The molecule has 1 amide bonds. The number of carbonyl (C=O) groups excluding carboxylic acids is 1. The van der Waals surface area contributed by atoms with E-state index < -0.39 is 0 Å². The molecule has 0 aliphatic carbocycles. The molecule has 0 bridgehead atoms. The molecule has 4 rings (SSSR count). The lowest BCUT2D eigenvalue weighted by molar-refractivity contribution is 0.103. The van der Waals surface area contributed by atoms with Crippen molar-refractivity contribution >= 4 is 33.7 Å². The van der Waals surface area contributed by atoms with E-state index in [2.05, 4.69) is 15.4 Å². The molecule has 0 unspecified atom stereocenters. The van der Waals surface area contributed by atoms with Gasteiger partial charge >= 0.3 is 0 Å². The first kappa shape index (κ1) is 19.4. The van der Waals surface area contributed by atoms with Gasteiger partial charge in [-0.15, -0.1) is 22.7 Å². The van der Waals surface area contributed by atoms with E-state index in [0.717, 1.165) is 28.3 Å². The van der Waals surface area contributed by atoms with Crippen LogP contribution in [0, 0.1) is 13.8 Å². The number of ether oxygens (including phenoxy) is 1. The minimum absolute atomic E-state index is 0.166. The quantitative estimate of drug-likeness (QED) is 0.470. The largest absolute Gasteiger partial charge is 0.489 e. The Morgan fingerprint density at radius 2 is 1.97 bits per heavy atom. The van der Waals surface area contributed by atoms with Crippen LogP contribution < -0.4 is 10.1 Å². The van der Waals surface area contributed by atoms with Crippen LogP contribution in [0.15, 0.2) is 47.3 Å². The van der Waals surface area contributed by atoms with Gasteiger partial charge in [-0.1, -0.05) is 17.7 Å². The molecule has 0 spiro atoms. The maximum absolute atomic E-state index is 12.6. The molecule has 0 atom stereocenters. The summed E-state index contributed by atoms with van der Waals surface area (Å²) in [5.41, 5.74) is 4.97. The van der Waals surface area contributed by atoms with Gasteiger partial charge in [0.25, 0.3) is 5.91 Å². The van der Waals surface area contributed by atoms with Crippen LogP contribution in [0.1, 0.15) is 26.5 Å². The topological polar surface area (TPSA) is 69.0 Å². The first-order valence-electron chi connectivity index (χ1n) is 9.02. The summed E-state index contributed by atoms with van der Waals surface area (Å²) >= 11 is 2.80. The second kappa shape index (κ2) is 8.18. The third-order valence-corrected chi connectivity index (χ3v) is 6.28. The van der Waals surface area contributed by atoms with Gasteiger partial charge in [0.1, 0.15) is 12.4 Å².